The molecule has 1 saturated carbocycles. The van der Waals surface area contributed by atoms with Gasteiger partial charge in [-0.1, -0.05) is 48.0 Å². The number of rotatable bonds is 6. The van der Waals surface area contributed by atoms with Crippen molar-refractivity contribution in [3.05, 3.63) is 64.7 Å². The molecular weight excluding hydrogens is 336 g/mol. The summed E-state index contributed by atoms with van der Waals surface area (Å²) in [6.07, 6.45) is 1.39. The number of anilines is 1. The van der Waals surface area contributed by atoms with Crippen molar-refractivity contribution >= 4 is 29.1 Å². The van der Waals surface area contributed by atoms with Crippen LogP contribution in [0.1, 0.15) is 17.5 Å². The molecular formula is C20H21ClN2O2. The number of halogens is 1. The molecule has 0 aliphatic heterocycles. The van der Waals surface area contributed by atoms with E-state index in [1.807, 2.05) is 43.3 Å². The van der Waals surface area contributed by atoms with E-state index < -0.39 is 0 Å². The Morgan fingerprint density at radius 1 is 1.08 bits per heavy atom. The van der Waals surface area contributed by atoms with Crippen LogP contribution in [0.4, 0.5) is 5.69 Å². The topological polar surface area (TPSA) is 58.2 Å². The minimum Gasteiger partial charge on any atom is -0.356 e. The van der Waals surface area contributed by atoms with Gasteiger partial charge in [0.25, 0.3) is 0 Å². The first kappa shape index (κ1) is 17.5. The van der Waals surface area contributed by atoms with Crippen molar-refractivity contribution < 1.29 is 9.59 Å². The number of benzene rings is 2. The number of nitrogens with one attached hydrogen (secondary N) is 2. The van der Waals surface area contributed by atoms with Gasteiger partial charge in [-0.2, -0.15) is 0 Å². The fourth-order valence-electron chi connectivity index (χ4n) is 2.83. The summed E-state index contributed by atoms with van der Waals surface area (Å²) in [5.74, 6) is -0.641. The van der Waals surface area contributed by atoms with Crippen LogP contribution in [0.5, 0.6) is 0 Å². The second kappa shape index (κ2) is 7.70. The van der Waals surface area contributed by atoms with Gasteiger partial charge in [0.15, 0.2) is 0 Å². The zero-order valence-electron chi connectivity index (χ0n) is 14.1. The van der Waals surface area contributed by atoms with Gasteiger partial charge in [-0.15, -0.1) is 0 Å². The van der Waals surface area contributed by atoms with Crippen LogP contribution >= 0.6 is 11.6 Å². The van der Waals surface area contributed by atoms with Gasteiger partial charge in [-0.05, 0) is 43.0 Å². The largest absolute Gasteiger partial charge is 0.356 e. The number of aryl methyl sites for hydroxylation is 1. The van der Waals surface area contributed by atoms with E-state index in [1.165, 1.54) is 5.56 Å². The molecule has 2 aromatic carbocycles. The summed E-state index contributed by atoms with van der Waals surface area (Å²) < 4.78 is 0. The quantitative estimate of drug-likeness (QED) is 0.831. The molecule has 4 nitrogen and oxygen atoms in total. The van der Waals surface area contributed by atoms with Gasteiger partial charge in [0.1, 0.15) is 0 Å². The summed E-state index contributed by atoms with van der Waals surface area (Å²) >= 11 is 5.97. The highest BCUT2D eigenvalue weighted by Crippen LogP contribution is 2.39. The van der Waals surface area contributed by atoms with Crippen molar-refractivity contribution in [3.63, 3.8) is 0 Å². The normalized spacial score (nSPS) is 18.5. The molecule has 2 unspecified atom stereocenters. The molecule has 2 amide bonds. The van der Waals surface area contributed by atoms with E-state index in [0.717, 1.165) is 12.0 Å². The van der Waals surface area contributed by atoms with Gasteiger partial charge in [0, 0.05) is 17.3 Å². The Hall–Kier alpha value is -2.33. The van der Waals surface area contributed by atoms with Crippen LogP contribution in [0.15, 0.2) is 48.5 Å². The Morgan fingerprint density at radius 3 is 2.56 bits per heavy atom. The van der Waals surface area contributed by atoms with Crippen molar-refractivity contribution in [2.24, 2.45) is 11.8 Å². The van der Waals surface area contributed by atoms with Crippen LogP contribution < -0.4 is 10.6 Å². The summed E-state index contributed by atoms with van der Waals surface area (Å²) in [5, 5.41) is 6.37. The molecule has 3 rings (SSSR count). The molecule has 0 spiro atoms. The zero-order valence-corrected chi connectivity index (χ0v) is 14.8. The first-order valence-electron chi connectivity index (χ1n) is 8.43. The number of hydrogen-bond acceptors (Lipinski definition) is 2. The molecule has 0 radical (unpaired) electrons. The van der Waals surface area contributed by atoms with Crippen molar-refractivity contribution in [1.29, 1.82) is 0 Å². The minimum atomic E-state index is -0.255. The maximum Gasteiger partial charge on any atom is 0.228 e. The smallest absolute Gasteiger partial charge is 0.228 e. The minimum absolute atomic E-state index is 0.0427. The van der Waals surface area contributed by atoms with E-state index in [0.29, 0.717) is 23.7 Å². The van der Waals surface area contributed by atoms with E-state index in [4.69, 9.17) is 11.6 Å². The summed E-state index contributed by atoms with van der Waals surface area (Å²) in [7, 11) is 0. The lowest BCUT2D eigenvalue weighted by atomic mass is 10.1. The molecule has 2 atom stereocenters. The fraction of sp³-hybridized carbons (Fsp3) is 0.300. The average Bonchev–Trinajstić information content (AvgIpc) is 3.40. The van der Waals surface area contributed by atoms with E-state index in [2.05, 4.69) is 10.6 Å². The monoisotopic (exact) mass is 356 g/mol. The Morgan fingerprint density at radius 2 is 1.80 bits per heavy atom. The average molecular weight is 357 g/mol. The number of hydrogen-bond donors (Lipinski definition) is 2. The Labute approximate surface area is 152 Å². The molecule has 2 N–H and O–H groups in total. The zero-order chi connectivity index (χ0) is 17.8. The van der Waals surface area contributed by atoms with Crippen LogP contribution in [0.25, 0.3) is 0 Å². The van der Waals surface area contributed by atoms with E-state index in [9.17, 15) is 9.59 Å². The molecule has 0 aromatic heterocycles. The summed E-state index contributed by atoms with van der Waals surface area (Å²) in [6.45, 7) is 2.49. The predicted molar refractivity (Wildman–Crippen MR) is 99.6 cm³/mol. The number of carbonyl (C=O) groups excluding carboxylic acids is 2. The summed E-state index contributed by atoms with van der Waals surface area (Å²) in [4.78, 5) is 24.5. The summed E-state index contributed by atoms with van der Waals surface area (Å²) in [6, 6.07) is 15.4. The molecule has 0 saturated heterocycles. The van der Waals surface area contributed by atoms with Crippen LogP contribution in [0, 0.1) is 18.8 Å². The van der Waals surface area contributed by atoms with Crippen LogP contribution in [0.2, 0.25) is 5.02 Å². The highest BCUT2D eigenvalue weighted by molar-refractivity contribution is 6.31. The molecule has 130 valence electrons. The van der Waals surface area contributed by atoms with Gasteiger partial charge in [0.05, 0.1) is 11.8 Å². The van der Waals surface area contributed by atoms with E-state index in [-0.39, 0.29) is 23.7 Å². The van der Waals surface area contributed by atoms with E-state index in [1.54, 1.807) is 12.1 Å². The molecule has 0 heterocycles. The lowest BCUT2D eigenvalue weighted by Gasteiger charge is -2.09. The van der Waals surface area contributed by atoms with E-state index >= 15 is 0 Å². The van der Waals surface area contributed by atoms with Crippen LogP contribution in [0.3, 0.4) is 0 Å². The molecule has 1 aliphatic rings. The lowest BCUT2D eigenvalue weighted by Crippen LogP contribution is -2.29. The van der Waals surface area contributed by atoms with Crippen LogP contribution in [-0.4, -0.2) is 18.4 Å². The first-order valence-corrected chi connectivity index (χ1v) is 8.81. The van der Waals surface area contributed by atoms with Crippen molar-refractivity contribution in [2.75, 3.05) is 11.9 Å². The third-order valence-corrected chi connectivity index (χ3v) is 4.71. The standard InChI is InChI=1S/C20H21ClN2O2/c1-13-7-8-15(21)11-18(13)23-20(25)17-12-16(17)19(24)22-10-9-14-5-3-2-4-6-14/h2-8,11,16-17H,9-10,12H2,1H3,(H,22,24)(H,23,25). The third kappa shape index (κ3) is 4.60. The second-order valence-corrected chi connectivity index (χ2v) is 6.86. The molecule has 25 heavy (non-hydrogen) atoms. The maximum atomic E-state index is 12.3. The maximum absolute atomic E-state index is 12.3. The first-order chi connectivity index (χ1) is 12.0. The Kier molecular flexibility index (Phi) is 5.39. The van der Waals surface area contributed by atoms with Gasteiger partial charge in [-0.3, -0.25) is 9.59 Å². The molecule has 2 aromatic rings. The second-order valence-electron chi connectivity index (χ2n) is 6.42. The van der Waals surface area contributed by atoms with Gasteiger partial charge in [-0.25, -0.2) is 0 Å². The van der Waals surface area contributed by atoms with Gasteiger partial charge < -0.3 is 10.6 Å². The molecule has 5 heteroatoms. The van der Waals surface area contributed by atoms with Crippen LogP contribution in [-0.2, 0) is 16.0 Å². The van der Waals surface area contributed by atoms with Crippen molar-refractivity contribution in [3.8, 4) is 0 Å². The molecule has 1 fully saturated rings. The highest BCUT2D eigenvalue weighted by atomic mass is 35.5. The summed E-state index contributed by atoms with van der Waals surface area (Å²) in [5.41, 5.74) is 2.83. The molecule has 0 bridgehead atoms. The highest BCUT2D eigenvalue weighted by Gasteiger charge is 2.47. The van der Waals surface area contributed by atoms with Crippen molar-refractivity contribution in [2.45, 2.75) is 19.8 Å². The molecule has 1 aliphatic carbocycles. The Bertz CT molecular complexity index is 777. The third-order valence-electron chi connectivity index (χ3n) is 4.48. The fourth-order valence-corrected chi connectivity index (χ4v) is 3.01. The predicted octanol–water partition coefficient (Wildman–Crippen LogP) is 3.58. The SMILES string of the molecule is Cc1ccc(Cl)cc1NC(=O)C1CC1C(=O)NCCc1ccccc1. The van der Waals surface area contributed by atoms with Gasteiger partial charge >= 0.3 is 0 Å². The number of amides is 2. The Balaban J connectivity index is 1.46. The lowest BCUT2D eigenvalue weighted by molar-refractivity contribution is -0.125. The van der Waals surface area contributed by atoms with Crippen molar-refractivity contribution in [1.82, 2.24) is 5.32 Å². The number of carbonyl (C=O) groups is 2. The van der Waals surface area contributed by atoms with Gasteiger partial charge in [0.2, 0.25) is 11.8 Å².